The highest BCUT2D eigenvalue weighted by atomic mass is 16.6. The zero-order valence-corrected chi connectivity index (χ0v) is 10.7. The van der Waals surface area contributed by atoms with Gasteiger partial charge in [-0.05, 0) is 38.1 Å². The van der Waals surface area contributed by atoms with Gasteiger partial charge in [-0.3, -0.25) is 0 Å². The highest BCUT2D eigenvalue weighted by molar-refractivity contribution is 5.70. The number of aryl methyl sites for hydroxylation is 1. The summed E-state index contributed by atoms with van der Waals surface area (Å²) < 4.78 is 9.88. The number of methoxy groups -OCH3 is 1. The summed E-state index contributed by atoms with van der Waals surface area (Å²) in [4.78, 5) is 11.0. The molecule has 17 heavy (non-hydrogen) atoms. The number of rotatable bonds is 5. The molecule has 4 heteroatoms. The van der Waals surface area contributed by atoms with Gasteiger partial charge >= 0.3 is 5.97 Å². The van der Waals surface area contributed by atoms with Gasteiger partial charge < -0.3 is 14.8 Å². The lowest BCUT2D eigenvalue weighted by Crippen LogP contribution is -2.14. The smallest absolute Gasteiger partial charge is 0.343 e. The lowest BCUT2D eigenvalue weighted by atomic mass is 10.1. The van der Waals surface area contributed by atoms with Gasteiger partial charge in [0.05, 0.1) is 7.11 Å². The number of nitrogens with one attached hydrogen (secondary N) is 1. The van der Waals surface area contributed by atoms with Crippen molar-refractivity contribution >= 4 is 5.97 Å². The molecule has 0 saturated heterocycles. The van der Waals surface area contributed by atoms with Crippen molar-refractivity contribution in [3.63, 3.8) is 0 Å². The van der Waals surface area contributed by atoms with Crippen molar-refractivity contribution in [3.05, 3.63) is 29.3 Å². The molecule has 4 nitrogen and oxygen atoms in total. The van der Waals surface area contributed by atoms with E-state index in [2.05, 4.69) is 17.0 Å². The van der Waals surface area contributed by atoms with Crippen molar-refractivity contribution in [2.75, 3.05) is 20.8 Å². The molecule has 1 aromatic rings. The van der Waals surface area contributed by atoms with E-state index in [-0.39, 0.29) is 12.6 Å². The number of benzene rings is 1. The second-order valence-corrected chi connectivity index (χ2v) is 3.90. The minimum atomic E-state index is -0.378. The van der Waals surface area contributed by atoms with Crippen LogP contribution in [0.1, 0.15) is 24.1 Å². The van der Waals surface area contributed by atoms with Crippen molar-refractivity contribution in [1.82, 2.24) is 5.32 Å². The Morgan fingerprint density at radius 3 is 2.71 bits per heavy atom. The number of hydrogen-bond acceptors (Lipinski definition) is 4. The minimum absolute atomic E-state index is 0.0573. The van der Waals surface area contributed by atoms with E-state index in [9.17, 15) is 4.79 Å². The van der Waals surface area contributed by atoms with Crippen LogP contribution in [-0.2, 0) is 9.53 Å². The van der Waals surface area contributed by atoms with E-state index >= 15 is 0 Å². The van der Waals surface area contributed by atoms with Gasteiger partial charge in [0.15, 0.2) is 6.61 Å². The van der Waals surface area contributed by atoms with Crippen LogP contribution in [0, 0.1) is 6.92 Å². The van der Waals surface area contributed by atoms with E-state index in [0.29, 0.717) is 11.8 Å². The quantitative estimate of drug-likeness (QED) is 0.794. The van der Waals surface area contributed by atoms with Gasteiger partial charge in [0, 0.05) is 6.04 Å². The number of carbonyl (C=O) groups is 1. The van der Waals surface area contributed by atoms with Gasteiger partial charge in [-0.15, -0.1) is 0 Å². The first kappa shape index (κ1) is 13.5. The third kappa shape index (κ3) is 3.75. The highest BCUT2D eigenvalue weighted by Crippen LogP contribution is 2.22. The van der Waals surface area contributed by atoms with Gasteiger partial charge in [0.2, 0.25) is 0 Å². The average Bonchev–Trinajstić information content (AvgIpc) is 2.35. The van der Waals surface area contributed by atoms with E-state index in [1.807, 2.05) is 32.2 Å². The summed E-state index contributed by atoms with van der Waals surface area (Å²) in [6.07, 6.45) is 0. The molecule has 1 rings (SSSR count). The van der Waals surface area contributed by atoms with Crippen molar-refractivity contribution in [2.45, 2.75) is 19.9 Å². The minimum Gasteiger partial charge on any atom is -0.482 e. The topological polar surface area (TPSA) is 47.6 Å². The molecule has 0 radical (unpaired) electrons. The molecule has 0 saturated carbocycles. The van der Waals surface area contributed by atoms with Gasteiger partial charge in [-0.2, -0.15) is 0 Å². The number of hydrogen-bond donors (Lipinski definition) is 1. The third-order valence-corrected chi connectivity index (χ3v) is 2.71. The normalized spacial score (nSPS) is 12.0. The van der Waals surface area contributed by atoms with Crippen LogP contribution in [0.4, 0.5) is 0 Å². The van der Waals surface area contributed by atoms with Crippen molar-refractivity contribution in [3.8, 4) is 5.75 Å². The van der Waals surface area contributed by atoms with Crippen LogP contribution < -0.4 is 10.1 Å². The summed E-state index contributed by atoms with van der Waals surface area (Å²) in [6.45, 7) is 3.99. The maximum Gasteiger partial charge on any atom is 0.343 e. The Balaban J connectivity index is 2.72. The fraction of sp³-hybridized carbons (Fsp3) is 0.462. The molecule has 1 unspecified atom stereocenters. The van der Waals surface area contributed by atoms with Crippen LogP contribution in [0.15, 0.2) is 18.2 Å². The van der Waals surface area contributed by atoms with E-state index in [1.165, 1.54) is 12.7 Å². The summed E-state index contributed by atoms with van der Waals surface area (Å²) >= 11 is 0. The van der Waals surface area contributed by atoms with Crippen molar-refractivity contribution in [2.24, 2.45) is 0 Å². The zero-order chi connectivity index (χ0) is 12.8. The maximum absolute atomic E-state index is 11.0. The number of esters is 1. The molecule has 0 aliphatic heterocycles. The van der Waals surface area contributed by atoms with Gasteiger partial charge in [0.1, 0.15) is 5.75 Å². The van der Waals surface area contributed by atoms with Gasteiger partial charge in [0.25, 0.3) is 0 Å². The van der Waals surface area contributed by atoms with Crippen LogP contribution >= 0.6 is 0 Å². The summed E-state index contributed by atoms with van der Waals surface area (Å²) in [7, 11) is 3.26. The molecule has 0 fully saturated rings. The Morgan fingerprint density at radius 1 is 1.47 bits per heavy atom. The Labute approximate surface area is 102 Å². The lowest BCUT2D eigenvalue weighted by molar-refractivity contribution is -0.142. The molecular formula is C13H19NO3. The highest BCUT2D eigenvalue weighted by Gasteiger charge is 2.07. The number of carbonyl (C=O) groups excluding carboxylic acids is 1. The van der Waals surface area contributed by atoms with Crippen molar-refractivity contribution < 1.29 is 14.3 Å². The van der Waals surface area contributed by atoms with Crippen LogP contribution in [0.3, 0.4) is 0 Å². The molecule has 0 spiro atoms. The van der Waals surface area contributed by atoms with Gasteiger partial charge in [-0.1, -0.05) is 12.1 Å². The zero-order valence-electron chi connectivity index (χ0n) is 10.7. The maximum atomic E-state index is 11.0. The van der Waals surface area contributed by atoms with E-state index in [4.69, 9.17) is 4.74 Å². The van der Waals surface area contributed by atoms with Crippen LogP contribution in [0.2, 0.25) is 0 Å². The Hall–Kier alpha value is -1.55. The van der Waals surface area contributed by atoms with Crippen molar-refractivity contribution in [1.29, 1.82) is 0 Å². The standard InChI is InChI=1S/C13H19NO3/c1-9-7-11(10(2)14-3)5-6-12(9)17-8-13(15)16-4/h5-7,10,14H,8H2,1-4H3. The van der Waals surface area contributed by atoms with Crippen LogP contribution in [-0.4, -0.2) is 26.7 Å². The Kier molecular flexibility index (Phi) is 4.97. The summed E-state index contributed by atoms with van der Waals surface area (Å²) in [5, 5.41) is 3.17. The van der Waals surface area contributed by atoms with E-state index in [1.54, 1.807) is 0 Å². The average molecular weight is 237 g/mol. The predicted molar refractivity (Wildman–Crippen MR) is 66.2 cm³/mol. The molecule has 94 valence electrons. The molecule has 0 heterocycles. The molecule has 0 bridgehead atoms. The molecule has 0 aliphatic rings. The second-order valence-electron chi connectivity index (χ2n) is 3.90. The first-order valence-electron chi connectivity index (χ1n) is 5.56. The first-order valence-corrected chi connectivity index (χ1v) is 5.56. The summed E-state index contributed by atoms with van der Waals surface area (Å²) in [5.41, 5.74) is 2.20. The first-order chi connectivity index (χ1) is 8.08. The largest absolute Gasteiger partial charge is 0.482 e. The molecular weight excluding hydrogens is 218 g/mol. The monoisotopic (exact) mass is 237 g/mol. The summed E-state index contributed by atoms with van der Waals surface area (Å²) in [5.74, 6) is 0.333. The lowest BCUT2D eigenvalue weighted by Gasteiger charge is -2.14. The molecule has 1 N–H and O–H groups in total. The molecule has 1 aromatic carbocycles. The fourth-order valence-corrected chi connectivity index (χ4v) is 1.47. The van der Waals surface area contributed by atoms with E-state index in [0.717, 1.165) is 5.56 Å². The molecule has 1 atom stereocenters. The Morgan fingerprint density at radius 2 is 2.18 bits per heavy atom. The molecule has 0 amide bonds. The molecule has 0 aromatic heterocycles. The summed E-state index contributed by atoms with van der Waals surface area (Å²) in [6, 6.07) is 6.21. The second kappa shape index (κ2) is 6.25. The van der Waals surface area contributed by atoms with E-state index < -0.39 is 0 Å². The number of ether oxygens (including phenoxy) is 2. The fourth-order valence-electron chi connectivity index (χ4n) is 1.47. The molecule has 0 aliphatic carbocycles. The Bertz CT molecular complexity index is 390. The van der Waals surface area contributed by atoms with Crippen LogP contribution in [0.5, 0.6) is 5.75 Å². The van der Waals surface area contributed by atoms with Crippen LogP contribution in [0.25, 0.3) is 0 Å². The predicted octanol–water partition coefficient (Wildman–Crippen LogP) is 1.83. The van der Waals surface area contributed by atoms with Gasteiger partial charge in [-0.25, -0.2) is 4.79 Å². The SMILES string of the molecule is CNC(C)c1ccc(OCC(=O)OC)c(C)c1. The third-order valence-electron chi connectivity index (χ3n) is 2.71.